The van der Waals surface area contributed by atoms with E-state index in [2.05, 4.69) is 20.5 Å². The van der Waals surface area contributed by atoms with Gasteiger partial charge in [0, 0.05) is 31.9 Å². The van der Waals surface area contributed by atoms with Crippen LogP contribution in [0, 0.1) is 0 Å². The summed E-state index contributed by atoms with van der Waals surface area (Å²) in [7, 11) is -3.68. The number of aromatic nitrogens is 2. The summed E-state index contributed by atoms with van der Waals surface area (Å²) in [5.41, 5.74) is 1.20. The predicted molar refractivity (Wildman–Crippen MR) is 124 cm³/mol. The lowest BCUT2D eigenvalue weighted by Gasteiger charge is -2.13. The van der Waals surface area contributed by atoms with Crippen LogP contribution in [-0.4, -0.2) is 54.7 Å². The summed E-state index contributed by atoms with van der Waals surface area (Å²) < 4.78 is 34.0. The van der Waals surface area contributed by atoms with Crippen LogP contribution in [0.3, 0.4) is 0 Å². The van der Waals surface area contributed by atoms with Gasteiger partial charge in [0.05, 0.1) is 36.1 Å². The van der Waals surface area contributed by atoms with Crippen molar-refractivity contribution in [3.8, 4) is 0 Å². The van der Waals surface area contributed by atoms with Crippen LogP contribution in [-0.2, 0) is 27.9 Å². The van der Waals surface area contributed by atoms with Crippen LogP contribution in [0.1, 0.15) is 11.3 Å². The molecule has 1 aliphatic heterocycles. The van der Waals surface area contributed by atoms with Crippen LogP contribution in [0.25, 0.3) is 6.08 Å². The molecule has 0 saturated carbocycles. The van der Waals surface area contributed by atoms with Gasteiger partial charge in [0.2, 0.25) is 15.9 Å². The average molecular weight is 485 g/mol. The summed E-state index contributed by atoms with van der Waals surface area (Å²) >= 11 is 0. The minimum absolute atomic E-state index is 0.0569. The second-order valence-corrected chi connectivity index (χ2v) is 9.27. The third-order valence-electron chi connectivity index (χ3n) is 5.08. The molecule has 0 atom stereocenters. The number of furan rings is 1. The molecule has 2 aromatic heterocycles. The molecule has 11 nitrogen and oxygen atoms in total. The van der Waals surface area contributed by atoms with Gasteiger partial charge in [-0.3, -0.25) is 9.48 Å². The zero-order valence-corrected chi connectivity index (χ0v) is 19.0. The minimum atomic E-state index is -3.68. The molecule has 1 aliphatic rings. The Morgan fingerprint density at radius 1 is 1.21 bits per heavy atom. The highest BCUT2D eigenvalue weighted by Gasteiger charge is 2.18. The van der Waals surface area contributed by atoms with Crippen LogP contribution in [0.4, 0.5) is 10.5 Å². The molecule has 3 heterocycles. The summed E-state index contributed by atoms with van der Waals surface area (Å²) in [6.45, 7) is 2.42. The lowest BCUT2D eigenvalue weighted by molar-refractivity contribution is -0.111. The molecule has 3 aromatic rings. The normalized spacial score (nSPS) is 14.0. The van der Waals surface area contributed by atoms with Gasteiger partial charge in [-0.15, -0.1) is 0 Å². The van der Waals surface area contributed by atoms with Crippen molar-refractivity contribution in [2.45, 2.75) is 18.0 Å². The second kappa shape index (κ2) is 10.4. The standard InChI is InChI=1S/C22H24N6O5S/c29-21(26-18-14-24-28(16-18)12-11-27-10-9-23-22(27)30)8-5-17-3-6-20(7-4-17)34(31,32)25-15-19-2-1-13-33-19/h1-8,13-14,16,25H,9-12,15H2,(H,23,30)(H,26,29)/b8-5-. The first kappa shape index (κ1) is 23.3. The number of nitrogens with one attached hydrogen (secondary N) is 3. The van der Waals surface area contributed by atoms with Crippen molar-refractivity contribution < 1.29 is 22.4 Å². The molecule has 0 aliphatic carbocycles. The van der Waals surface area contributed by atoms with Gasteiger partial charge in [0.15, 0.2) is 0 Å². The maximum atomic E-state index is 12.4. The van der Waals surface area contributed by atoms with Gasteiger partial charge in [-0.1, -0.05) is 12.1 Å². The zero-order chi connectivity index (χ0) is 24.0. The Balaban J connectivity index is 1.26. The number of carbonyl (C=O) groups excluding carboxylic acids is 2. The summed E-state index contributed by atoms with van der Waals surface area (Å²) in [5.74, 6) is 0.161. The molecule has 34 heavy (non-hydrogen) atoms. The predicted octanol–water partition coefficient (Wildman–Crippen LogP) is 1.63. The van der Waals surface area contributed by atoms with Crippen LogP contribution < -0.4 is 15.4 Å². The van der Waals surface area contributed by atoms with E-state index in [1.807, 2.05) is 0 Å². The summed E-state index contributed by atoms with van der Waals surface area (Å²) in [5, 5.41) is 9.65. The van der Waals surface area contributed by atoms with Gasteiger partial charge in [0.1, 0.15) is 5.76 Å². The van der Waals surface area contributed by atoms with Gasteiger partial charge >= 0.3 is 6.03 Å². The molecule has 1 aromatic carbocycles. The Labute approximate surface area is 196 Å². The second-order valence-electron chi connectivity index (χ2n) is 7.51. The number of anilines is 1. The van der Waals surface area contributed by atoms with Gasteiger partial charge in [-0.25, -0.2) is 17.9 Å². The first-order chi connectivity index (χ1) is 16.4. The number of sulfonamides is 1. The monoisotopic (exact) mass is 484 g/mol. The Kier molecular flexibility index (Phi) is 7.09. The SMILES string of the molecule is O=C(/C=C\c1ccc(S(=O)(=O)NCc2ccco2)cc1)Nc1cnn(CCN2CCNC2=O)c1. The van der Waals surface area contributed by atoms with Gasteiger partial charge in [-0.2, -0.15) is 5.10 Å². The topological polar surface area (TPSA) is 139 Å². The van der Waals surface area contributed by atoms with Crippen molar-refractivity contribution in [2.75, 3.05) is 25.0 Å². The highest BCUT2D eigenvalue weighted by Crippen LogP contribution is 2.13. The number of benzene rings is 1. The van der Waals surface area contributed by atoms with Gasteiger partial charge in [-0.05, 0) is 35.9 Å². The van der Waals surface area contributed by atoms with Crippen molar-refractivity contribution in [2.24, 2.45) is 0 Å². The van der Waals surface area contributed by atoms with Gasteiger partial charge < -0.3 is 20.0 Å². The Hall–Kier alpha value is -3.90. The molecule has 178 valence electrons. The van der Waals surface area contributed by atoms with Crippen molar-refractivity contribution in [3.05, 3.63) is 72.5 Å². The number of rotatable bonds is 10. The van der Waals surface area contributed by atoms with Crippen molar-refractivity contribution in [3.63, 3.8) is 0 Å². The van der Waals surface area contributed by atoms with E-state index in [9.17, 15) is 18.0 Å². The number of urea groups is 1. The fourth-order valence-corrected chi connectivity index (χ4v) is 4.27. The Morgan fingerprint density at radius 3 is 2.74 bits per heavy atom. The molecule has 4 rings (SSSR count). The number of hydrogen-bond donors (Lipinski definition) is 3. The van der Waals surface area contributed by atoms with E-state index in [0.717, 1.165) is 0 Å². The van der Waals surface area contributed by atoms with Crippen LogP contribution >= 0.6 is 0 Å². The van der Waals surface area contributed by atoms with E-state index in [4.69, 9.17) is 4.42 Å². The highest BCUT2D eigenvalue weighted by molar-refractivity contribution is 7.89. The van der Waals surface area contributed by atoms with E-state index in [-0.39, 0.29) is 23.4 Å². The number of carbonyl (C=O) groups is 2. The Morgan fingerprint density at radius 2 is 2.03 bits per heavy atom. The highest BCUT2D eigenvalue weighted by atomic mass is 32.2. The molecular weight excluding hydrogens is 460 g/mol. The number of amides is 3. The van der Waals surface area contributed by atoms with Crippen LogP contribution in [0.2, 0.25) is 0 Å². The quantitative estimate of drug-likeness (QED) is 0.374. The zero-order valence-electron chi connectivity index (χ0n) is 18.2. The molecule has 12 heteroatoms. The first-order valence-electron chi connectivity index (χ1n) is 10.6. The van der Waals surface area contributed by atoms with E-state index in [1.165, 1.54) is 30.7 Å². The summed E-state index contributed by atoms with van der Waals surface area (Å²) in [6.07, 6.45) is 7.63. The van der Waals surface area contributed by atoms with Crippen molar-refractivity contribution >= 4 is 33.7 Å². The van der Waals surface area contributed by atoms with Crippen molar-refractivity contribution in [1.29, 1.82) is 0 Å². The van der Waals surface area contributed by atoms with Gasteiger partial charge in [0.25, 0.3) is 0 Å². The number of hydrogen-bond acceptors (Lipinski definition) is 6. The largest absolute Gasteiger partial charge is 0.468 e. The smallest absolute Gasteiger partial charge is 0.317 e. The van der Waals surface area contributed by atoms with E-state index in [1.54, 1.807) is 46.1 Å². The maximum absolute atomic E-state index is 12.4. The molecule has 0 bridgehead atoms. The summed E-state index contributed by atoms with van der Waals surface area (Å²) in [6, 6.07) is 9.43. The van der Waals surface area contributed by atoms with Crippen LogP contribution in [0.15, 0.2) is 70.4 Å². The average Bonchev–Trinajstić information content (AvgIpc) is 3.58. The molecule has 3 amide bonds. The molecule has 1 fully saturated rings. The van der Waals surface area contributed by atoms with Crippen LogP contribution in [0.5, 0.6) is 0 Å². The fourth-order valence-electron chi connectivity index (χ4n) is 3.27. The lowest BCUT2D eigenvalue weighted by Crippen LogP contribution is -2.31. The molecule has 0 radical (unpaired) electrons. The number of nitrogens with zero attached hydrogens (tertiary/aromatic N) is 3. The summed E-state index contributed by atoms with van der Waals surface area (Å²) in [4.78, 5) is 25.6. The van der Waals surface area contributed by atoms with E-state index >= 15 is 0 Å². The minimum Gasteiger partial charge on any atom is -0.468 e. The molecule has 0 unspecified atom stereocenters. The third-order valence-corrected chi connectivity index (χ3v) is 6.50. The van der Waals surface area contributed by atoms with E-state index in [0.29, 0.717) is 43.2 Å². The molecular formula is C22H24N6O5S. The molecule has 1 saturated heterocycles. The third kappa shape index (κ3) is 6.11. The lowest BCUT2D eigenvalue weighted by atomic mass is 10.2. The Bertz CT molecular complexity index is 1270. The van der Waals surface area contributed by atoms with Crippen molar-refractivity contribution in [1.82, 2.24) is 24.7 Å². The first-order valence-corrected chi connectivity index (χ1v) is 12.0. The maximum Gasteiger partial charge on any atom is 0.317 e. The molecule has 0 spiro atoms. The van der Waals surface area contributed by atoms with E-state index < -0.39 is 10.0 Å². The molecule has 3 N–H and O–H groups in total. The fraction of sp³-hybridized carbons (Fsp3) is 0.227.